The Labute approximate surface area is 189 Å². The quantitative estimate of drug-likeness (QED) is 0.662. The second-order valence-corrected chi connectivity index (χ2v) is 8.71. The maximum Gasteiger partial charge on any atom is 0.242 e. The fourth-order valence-electron chi connectivity index (χ4n) is 3.94. The van der Waals surface area contributed by atoms with E-state index in [0.29, 0.717) is 26.2 Å². The first-order chi connectivity index (χ1) is 15.5. The van der Waals surface area contributed by atoms with Gasteiger partial charge in [-0.2, -0.15) is 0 Å². The summed E-state index contributed by atoms with van der Waals surface area (Å²) in [5.74, 6) is 1.85. The molecule has 1 aliphatic carbocycles. The van der Waals surface area contributed by atoms with Gasteiger partial charge in [-0.05, 0) is 51.0 Å². The SMILES string of the molecule is COc1cccc(-c2ccc(N3CCN(C(=O)CN(C(=O)C4CC4)C(C)C)CC3)nn2)c1. The molecule has 0 unspecified atom stereocenters. The number of carbonyl (C=O) groups is 2. The van der Waals surface area contributed by atoms with E-state index in [1.165, 1.54) is 0 Å². The first kappa shape index (κ1) is 22.0. The molecule has 2 aliphatic rings. The van der Waals surface area contributed by atoms with Gasteiger partial charge < -0.3 is 19.4 Å². The van der Waals surface area contributed by atoms with Crippen molar-refractivity contribution in [1.29, 1.82) is 0 Å². The molecular weight excluding hydrogens is 406 g/mol. The third-order valence-electron chi connectivity index (χ3n) is 6.11. The number of rotatable bonds is 7. The molecule has 0 radical (unpaired) electrons. The molecule has 2 heterocycles. The molecule has 8 nitrogen and oxygen atoms in total. The molecule has 1 aromatic heterocycles. The highest BCUT2D eigenvalue weighted by Crippen LogP contribution is 2.31. The molecule has 1 saturated heterocycles. The van der Waals surface area contributed by atoms with Crippen molar-refractivity contribution >= 4 is 17.6 Å². The van der Waals surface area contributed by atoms with E-state index in [-0.39, 0.29) is 30.3 Å². The lowest BCUT2D eigenvalue weighted by molar-refractivity contribution is -0.143. The van der Waals surface area contributed by atoms with Crippen LogP contribution in [-0.2, 0) is 9.59 Å². The molecule has 4 rings (SSSR count). The molecule has 0 spiro atoms. The van der Waals surface area contributed by atoms with Gasteiger partial charge in [0.25, 0.3) is 0 Å². The average molecular weight is 438 g/mol. The monoisotopic (exact) mass is 437 g/mol. The summed E-state index contributed by atoms with van der Waals surface area (Å²) in [4.78, 5) is 31.0. The number of nitrogens with zero attached hydrogens (tertiary/aromatic N) is 5. The number of hydrogen-bond acceptors (Lipinski definition) is 6. The van der Waals surface area contributed by atoms with Gasteiger partial charge in [0.15, 0.2) is 5.82 Å². The molecule has 32 heavy (non-hydrogen) atoms. The number of anilines is 1. The van der Waals surface area contributed by atoms with E-state index in [0.717, 1.165) is 35.7 Å². The number of hydrogen-bond donors (Lipinski definition) is 0. The van der Waals surface area contributed by atoms with Crippen LogP contribution in [-0.4, -0.2) is 77.7 Å². The molecule has 2 amide bonds. The smallest absolute Gasteiger partial charge is 0.242 e. The summed E-state index contributed by atoms with van der Waals surface area (Å²) in [6.07, 6.45) is 1.90. The molecule has 2 fully saturated rings. The highest BCUT2D eigenvalue weighted by atomic mass is 16.5. The van der Waals surface area contributed by atoms with E-state index in [4.69, 9.17) is 4.74 Å². The van der Waals surface area contributed by atoms with Gasteiger partial charge in [-0.25, -0.2) is 0 Å². The summed E-state index contributed by atoms with van der Waals surface area (Å²) >= 11 is 0. The molecule has 0 N–H and O–H groups in total. The number of amides is 2. The fourth-order valence-corrected chi connectivity index (χ4v) is 3.94. The predicted molar refractivity (Wildman–Crippen MR) is 122 cm³/mol. The largest absolute Gasteiger partial charge is 0.497 e. The van der Waals surface area contributed by atoms with Crippen LogP contribution in [0.4, 0.5) is 5.82 Å². The number of carbonyl (C=O) groups excluding carboxylic acids is 2. The standard InChI is InChI=1S/C24H31N5O3/c1-17(2)29(24(31)18-7-8-18)16-23(30)28-13-11-27(12-14-28)22-10-9-21(25-26-22)19-5-4-6-20(15-19)32-3/h4-6,9-10,15,17-18H,7-8,11-14,16H2,1-3H3. The molecule has 8 heteroatoms. The molecule has 0 atom stereocenters. The fraction of sp³-hybridized carbons (Fsp3) is 0.500. The Morgan fingerprint density at radius 1 is 1.09 bits per heavy atom. The van der Waals surface area contributed by atoms with Crippen LogP contribution >= 0.6 is 0 Å². The topological polar surface area (TPSA) is 78.9 Å². The maximum absolute atomic E-state index is 12.8. The van der Waals surface area contributed by atoms with Gasteiger partial charge in [0.05, 0.1) is 19.3 Å². The lowest BCUT2D eigenvalue weighted by atomic mass is 10.1. The van der Waals surface area contributed by atoms with Gasteiger partial charge in [-0.1, -0.05) is 12.1 Å². The zero-order chi connectivity index (χ0) is 22.7. The number of ether oxygens (including phenoxy) is 1. The Morgan fingerprint density at radius 3 is 2.44 bits per heavy atom. The maximum atomic E-state index is 12.8. The highest BCUT2D eigenvalue weighted by molar-refractivity contribution is 5.87. The first-order valence-corrected chi connectivity index (χ1v) is 11.3. The second-order valence-electron chi connectivity index (χ2n) is 8.71. The van der Waals surface area contributed by atoms with Crippen LogP contribution in [0.3, 0.4) is 0 Å². The van der Waals surface area contributed by atoms with Crippen LogP contribution in [0.5, 0.6) is 5.75 Å². The Kier molecular flexibility index (Phi) is 6.58. The lowest BCUT2D eigenvalue weighted by Crippen LogP contribution is -2.53. The minimum atomic E-state index is 0.0202. The lowest BCUT2D eigenvalue weighted by Gasteiger charge is -2.36. The van der Waals surface area contributed by atoms with Crippen LogP contribution < -0.4 is 9.64 Å². The second kappa shape index (κ2) is 9.54. The van der Waals surface area contributed by atoms with Crippen LogP contribution in [0, 0.1) is 5.92 Å². The molecule has 1 aromatic carbocycles. The molecular formula is C24H31N5O3. The third-order valence-corrected chi connectivity index (χ3v) is 6.11. The number of benzene rings is 1. The van der Waals surface area contributed by atoms with Crippen molar-refractivity contribution in [2.24, 2.45) is 5.92 Å². The zero-order valence-corrected chi connectivity index (χ0v) is 19.0. The van der Waals surface area contributed by atoms with Gasteiger partial charge in [-0.3, -0.25) is 9.59 Å². The van der Waals surface area contributed by atoms with Crippen LogP contribution in [0.15, 0.2) is 36.4 Å². The van der Waals surface area contributed by atoms with Crippen molar-refractivity contribution in [3.8, 4) is 17.0 Å². The van der Waals surface area contributed by atoms with Crippen LogP contribution in [0.2, 0.25) is 0 Å². The van der Waals surface area contributed by atoms with Crippen molar-refractivity contribution in [1.82, 2.24) is 20.0 Å². The van der Waals surface area contributed by atoms with Gasteiger partial charge in [0.2, 0.25) is 11.8 Å². The van der Waals surface area contributed by atoms with Crippen molar-refractivity contribution in [2.75, 3.05) is 44.7 Å². The minimum Gasteiger partial charge on any atom is -0.497 e. The predicted octanol–water partition coefficient (Wildman–Crippen LogP) is 2.45. The van der Waals surface area contributed by atoms with Crippen molar-refractivity contribution in [2.45, 2.75) is 32.7 Å². The molecule has 1 aliphatic heterocycles. The summed E-state index contributed by atoms with van der Waals surface area (Å²) in [6, 6.07) is 11.7. The summed E-state index contributed by atoms with van der Waals surface area (Å²) in [5, 5.41) is 8.79. The molecule has 170 valence electrons. The summed E-state index contributed by atoms with van der Waals surface area (Å²) in [6.45, 7) is 6.72. The Morgan fingerprint density at radius 2 is 1.84 bits per heavy atom. The molecule has 0 bridgehead atoms. The van der Waals surface area contributed by atoms with Gasteiger partial charge in [0, 0.05) is 43.7 Å². The van der Waals surface area contributed by atoms with E-state index in [9.17, 15) is 9.59 Å². The normalized spacial score (nSPS) is 16.2. The number of aromatic nitrogens is 2. The van der Waals surface area contributed by atoms with Gasteiger partial charge >= 0.3 is 0 Å². The van der Waals surface area contributed by atoms with Crippen molar-refractivity contribution < 1.29 is 14.3 Å². The van der Waals surface area contributed by atoms with Crippen LogP contribution in [0.1, 0.15) is 26.7 Å². The Bertz CT molecular complexity index is 950. The van der Waals surface area contributed by atoms with E-state index in [1.54, 1.807) is 12.0 Å². The van der Waals surface area contributed by atoms with Crippen LogP contribution in [0.25, 0.3) is 11.3 Å². The van der Waals surface area contributed by atoms with E-state index < -0.39 is 0 Å². The van der Waals surface area contributed by atoms with E-state index in [1.807, 2.05) is 55.1 Å². The summed E-state index contributed by atoms with van der Waals surface area (Å²) in [7, 11) is 1.64. The zero-order valence-electron chi connectivity index (χ0n) is 19.0. The molecule has 1 saturated carbocycles. The number of piperazine rings is 1. The minimum absolute atomic E-state index is 0.0202. The third kappa shape index (κ3) is 5.00. The Balaban J connectivity index is 1.33. The van der Waals surface area contributed by atoms with Gasteiger partial charge in [0.1, 0.15) is 5.75 Å². The van der Waals surface area contributed by atoms with Crippen molar-refractivity contribution in [3.63, 3.8) is 0 Å². The van der Waals surface area contributed by atoms with E-state index >= 15 is 0 Å². The van der Waals surface area contributed by atoms with Crippen molar-refractivity contribution in [3.05, 3.63) is 36.4 Å². The number of methoxy groups -OCH3 is 1. The highest BCUT2D eigenvalue weighted by Gasteiger charge is 2.36. The van der Waals surface area contributed by atoms with Gasteiger partial charge in [-0.15, -0.1) is 10.2 Å². The summed E-state index contributed by atoms with van der Waals surface area (Å²) in [5.41, 5.74) is 1.74. The summed E-state index contributed by atoms with van der Waals surface area (Å²) < 4.78 is 5.28. The molecule has 2 aromatic rings. The Hall–Kier alpha value is -3.16. The van der Waals surface area contributed by atoms with E-state index in [2.05, 4.69) is 15.1 Å². The average Bonchev–Trinajstić information content (AvgIpc) is 3.68. The first-order valence-electron chi connectivity index (χ1n) is 11.3.